The monoisotopic (exact) mass is 444 g/mol. The highest BCUT2D eigenvalue weighted by atomic mass is 16.3. The summed E-state index contributed by atoms with van der Waals surface area (Å²) in [5.74, 6) is 6.77. The highest BCUT2D eigenvalue weighted by molar-refractivity contribution is 5.74. The number of carbonyl (C=O) groups excluding carboxylic acids is 1. The van der Waals surface area contributed by atoms with Gasteiger partial charge in [-0.15, -0.1) is 0 Å². The zero-order valence-electron chi connectivity index (χ0n) is 18.8. The summed E-state index contributed by atoms with van der Waals surface area (Å²) in [6, 6.07) is 16.0. The van der Waals surface area contributed by atoms with Gasteiger partial charge in [0.15, 0.2) is 0 Å². The number of aliphatic hydroxyl groups excluding tert-OH is 2. The third-order valence-corrected chi connectivity index (χ3v) is 5.76. The van der Waals surface area contributed by atoms with Gasteiger partial charge in [0.2, 0.25) is 5.91 Å². The van der Waals surface area contributed by atoms with Crippen LogP contribution < -0.4 is 5.32 Å². The number of nitrogens with one attached hydrogen (secondary N) is 1. The molecule has 0 aliphatic carbocycles. The lowest BCUT2D eigenvalue weighted by Gasteiger charge is -2.39. The number of rotatable bonds is 6. The van der Waals surface area contributed by atoms with Crippen molar-refractivity contribution in [3.05, 3.63) is 72.3 Å². The third kappa shape index (κ3) is 5.25. The molecule has 3 aromatic rings. The van der Waals surface area contributed by atoms with Gasteiger partial charge in [0, 0.05) is 43.7 Å². The van der Waals surface area contributed by atoms with E-state index in [0.29, 0.717) is 11.9 Å². The lowest BCUT2D eigenvalue weighted by Crippen LogP contribution is -2.56. The highest BCUT2D eigenvalue weighted by Crippen LogP contribution is 2.23. The van der Waals surface area contributed by atoms with E-state index >= 15 is 0 Å². The van der Waals surface area contributed by atoms with E-state index in [0.717, 1.165) is 35.5 Å². The summed E-state index contributed by atoms with van der Waals surface area (Å²) >= 11 is 0. The van der Waals surface area contributed by atoms with Gasteiger partial charge >= 0.3 is 0 Å². The molecule has 2 aromatic carbocycles. The second kappa shape index (κ2) is 9.90. The summed E-state index contributed by atoms with van der Waals surface area (Å²) in [7, 11) is 0. The first-order valence-corrected chi connectivity index (χ1v) is 11.0. The molecule has 2 atom stereocenters. The number of anilines is 1. The Balaban J connectivity index is 1.39. The molecule has 7 nitrogen and oxygen atoms in total. The normalized spacial score (nSPS) is 15.2. The van der Waals surface area contributed by atoms with Gasteiger partial charge < -0.3 is 25.0 Å². The molecule has 2 heterocycles. The Morgan fingerprint density at radius 3 is 2.36 bits per heavy atom. The van der Waals surface area contributed by atoms with Crippen molar-refractivity contribution in [1.82, 2.24) is 14.5 Å². The van der Waals surface area contributed by atoms with Crippen molar-refractivity contribution in [2.75, 3.05) is 25.0 Å². The van der Waals surface area contributed by atoms with Crippen LogP contribution in [0.5, 0.6) is 0 Å². The van der Waals surface area contributed by atoms with Gasteiger partial charge in [-0.3, -0.25) is 4.79 Å². The van der Waals surface area contributed by atoms with Crippen molar-refractivity contribution in [2.45, 2.75) is 32.0 Å². The minimum Gasteiger partial charge on any atom is -0.393 e. The second-order valence-electron chi connectivity index (χ2n) is 8.26. The Labute approximate surface area is 193 Å². The SMILES string of the molecule is CC(=O)N1CC(Nc2ccc(-c3ccc(C#C[C@@H](CO)n4ccnc4[C@H](C)O)cc3)cc2)C1. The summed E-state index contributed by atoms with van der Waals surface area (Å²) in [6.45, 7) is 4.56. The van der Waals surface area contributed by atoms with E-state index in [-0.39, 0.29) is 12.5 Å². The number of carbonyl (C=O) groups is 1. The van der Waals surface area contributed by atoms with Crippen LogP contribution in [0, 0.1) is 11.8 Å². The molecule has 1 aliphatic heterocycles. The Bertz CT molecular complexity index is 1150. The Kier molecular flexibility index (Phi) is 6.78. The largest absolute Gasteiger partial charge is 0.393 e. The third-order valence-electron chi connectivity index (χ3n) is 5.76. The summed E-state index contributed by atoms with van der Waals surface area (Å²) < 4.78 is 1.70. The molecule has 3 N–H and O–H groups in total. The summed E-state index contributed by atoms with van der Waals surface area (Å²) in [5.41, 5.74) is 4.07. The van der Waals surface area contributed by atoms with E-state index in [1.807, 2.05) is 29.2 Å². The number of likely N-dealkylation sites (tertiary alicyclic amines) is 1. The van der Waals surface area contributed by atoms with Crippen molar-refractivity contribution in [3.63, 3.8) is 0 Å². The van der Waals surface area contributed by atoms with Crippen molar-refractivity contribution in [1.29, 1.82) is 0 Å². The topological polar surface area (TPSA) is 90.6 Å². The molecule has 7 heteroatoms. The lowest BCUT2D eigenvalue weighted by atomic mass is 10.0. The van der Waals surface area contributed by atoms with Crippen LogP contribution in [0.25, 0.3) is 11.1 Å². The maximum Gasteiger partial charge on any atom is 0.219 e. The fourth-order valence-corrected chi connectivity index (χ4v) is 3.85. The smallest absolute Gasteiger partial charge is 0.219 e. The van der Waals surface area contributed by atoms with Crippen molar-refractivity contribution in [3.8, 4) is 23.0 Å². The number of aromatic nitrogens is 2. The average molecular weight is 445 g/mol. The molecular weight excluding hydrogens is 416 g/mol. The van der Waals surface area contributed by atoms with Crippen molar-refractivity contribution < 1.29 is 15.0 Å². The lowest BCUT2D eigenvalue weighted by molar-refractivity contribution is -0.132. The first kappa shape index (κ1) is 22.6. The molecular formula is C26H28N4O3. The Hall–Kier alpha value is -3.60. The van der Waals surface area contributed by atoms with E-state index in [1.54, 1.807) is 30.8 Å². The number of nitrogens with zero attached hydrogens (tertiary/aromatic N) is 3. The number of benzene rings is 2. The van der Waals surface area contributed by atoms with Gasteiger partial charge in [0.05, 0.1) is 12.6 Å². The van der Waals surface area contributed by atoms with Gasteiger partial charge in [-0.05, 0) is 42.3 Å². The molecule has 1 fully saturated rings. The number of hydrogen-bond donors (Lipinski definition) is 3. The number of hydrogen-bond acceptors (Lipinski definition) is 5. The molecule has 0 radical (unpaired) electrons. The molecule has 0 spiro atoms. The van der Waals surface area contributed by atoms with Crippen LogP contribution in [-0.2, 0) is 4.79 Å². The van der Waals surface area contributed by atoms with Gasteiger partial charge in [0.1, 0.15) is 18.0 Å². The van der Waals surface area contributed by atoms with Crippen LogP contribution in [0.2, 0.25) is 0 Å². The molecule has 1 amide bonds. The van der Waals surface area contributed by atoms with E-state index in [9.17, 15) is 15.0 Å². The Morgan fingerprint density at radius 1 is 1.15 bits per heavy atom. The molecule has 0 unspecified atom stereocenters. The first-order valence-electron chi connectivity index (χ1n) is 11.0. The minimum absolute atomic E-state index is 0.120. The quantitative estimate of drug-likeness (QED) is 0.509. The van der Waals surface area contributed by atoms with Gasteiger partial charge in [-0.2, -0.15) is 0 Å². The fourth-order valence-electron chi connectivity index (χ4n) is 3.85. The summed E-state index contributed by atoms with van der Waals surface area (Å²) in [4.78, 5) is 17.3. The molecule has 0 saturated carbocycles. The van der Waals surface area contributed by atoms with Crippen molar-refractivity contribution in [2.24, 2.45) is 0 Å². The van der Waals surface area contributed by atoms with Gasteiger partial charge in [0.25, 0.3) is 0 Å². The van der Waals surface area contributed by atoms with Gasteiger partial charge in [-0.1, -0.05) is 36.1 Å². The Morgan fingerprint density at radius 2 is 1.79 bits per heavy atom. The van der Waals surface area contributed by atoms with Crippen LogP contribution in [0.1, 0.15) is 37.4 Å². The summed E-state index contributed by atoms with van der Waals surface area (Å²) in [6.07, 6.45) is 2.57. The fraction of sp³-hybridized carbons (Fsp3) is 0.308. The van der Waals surface area contributed by atoms with Crippen molar-refractivity contribution >= 4 is 11.6 Å². The number of aliphatic hydroxyl groups is 2. The highest BCUT2D eigenvalue weighted by Gasteiger charge is 2.28. The molecule has 1 aromatic heterocycles. The molecule has 0 bridgehead atoms. The number of imidazole rings is 1. The first-order chi connectivity index (χ1) is 15.9. The number of amides is 1. The van der Waals surface area contributed by atoms with Crippen LogP contribution in [0.4, 0.5) is 5.69 Å². The van der Waals surface area contributed by atoms with Crippen LogP contribution >= 0.6 is 0 Å². The zero-order chi connectivity index (χ0) is 23.4. The molecule has 170 valence electrons. The van der Waals surface area contributed by atoms with Crippen LogP contribution in [0.3, 0.4) is 0 Å². The standard InChI is InChI=1S/C26H28N4O3/c1-18(32)26-27-13-14-30(26)25(17-31)12-5-20-3-6-21(7-4-20)22-8-10-23(11-9-22)28-24-15-29(16-24)19(2)33/h3-4,6-11,13-14,18,24-25,28,31-32H,15-17H2,1-2H3/t18-,25-/m0/s1. The van der Waals surface area contributed by atoms with Gasteiger partial charge in [-0.25, -0.2) is 4.98 Å². The molecule has 1 saturated heterocycles. The minimum atomic E-state index is -0.735. The van der Waals surface area contributed by atoms with E-state index in [1.165, 1.54) is 0 Å². The average Bonchev–Trinajstić information content (AvgIpc) is 3.27. The van der Waals surface area contributed by atoms with Crippen LogP contribution in [0.15, 0.2) is 60.9 Å². The van der Waals surface area contributed by atoms with E-state index < -0.39 is 12.1 Å². The van der Waals surface area contributed by atoms with Crippen LogP contribution in [-0.4, -0.2) is 56.3 Å². The maximum atomic E-state index is 11.3. The summed E-state index contributed by atoms with van der Waals surface area (Å²) in [5, 5.41) is 23.0. The molecule has 33 heavy (non-hydrogen) atoms. The van der Waals surface area contributed by atoms with E-state index in [2.05, 4.69) is 46.4 Å². The molecule has 4 rings (SSSR count). The van der Waals surface area contributed by atoms with E-state index in [4.69, 9.17) is 0 Å². The molecule has 1 aliphatic rings. The second-order valence-corrected chi connectivity index (χ2v) is 8.26. The predicted octanol–water partition coefficient (Wildman–Crippen LogP) is 2.83. The maximum absolute atomic E-state index is 11.3. The predicted molar refractivity (Wildman–Crippen MR) is 127 cm³/mol. The zero-order valence-corrected chi connectivity index (χ0v) is 18.8.